The summed E-state index contributed by atoms with van der Waals surface area (Å²) in [5.74, 6) is -1.22. The van der Waals surface area contributed by atoms with Crippen LogP contribution in [0.5, 0.6) is 0 Å². The fraction of sp³-hybridized carbons (Fsp3) is 0.385. The molecule has 7 heteroatoms. The standard InChI is InChI=1S/C13H15BrN2O4/c1-15-12(17)11-7-20-5-4-16(11)10-3-2-8(14)6-9(10)13(18)19/h2-3,6,11H,4-5,7H2,1H3,(H,15,17)(H,18,19). The summed E-state index contributed by atoms with van der Waals surface area (Å²) in [4.78, 5) is 25.1. The number of likely N-dealkylation sites (N-methyl/N-ethyl adjacent to an activating group) is 1. The highest BCUT2D eigenvalue weighted by Crippen LogP contribution is 2.27. The summed E-state index contributed by atoms with van der Waals surface area (Å²) in [6, 6.07) is 4.48. The molecule has 0 aromatic heterocycles. The molecule has 6 nitrogen and oxygen atoms in total. The average molecular weight is 343 g/mol. The number of carbonyl (C=O) groups excluding carboxylic acids is 1. The number of nitrogens with zero attached hydrogens (tertiary/aromatic N) is 1. The molecule has 0 saturated carbocycles. The molecule has 1 aromatic carbocycles. The van der Waals surface area contributed by atoms with Gasteiger partial charge in [-0.05, 0) is 18.2 Å². The predicted octanol–water partition coefficient (Wildman–Crippen LogP) is 1.10. The summed E-state index contributed by atoms with van der Waals surface area (Å²) in [5.41, 5.74) is 0.688. The molecule has 1 fully saturated rings. The SMILES string of the molecule is CNC(=O)C1COCCN1c1ccc(Br)cc1C(=O)O. The number of benzene rings is 1. The number of rotatable bonds is 3. The van der Waals surface area contributed by atoms with Gasteiger partial charge in [0.15, 0.2) is 0 Å². The Morgan fingerprint density at radius 3 is 2.90 bits per heavy atom. The lowest BCUT2D eigenvalue weighted by Gasteiger charge is -2.36. The van der Waals surface area contributed by atoms with Gasteiger partial charge in [0.05, 0.1) is 24.5 Å². The number of anilines is 1. The number of aromatic carboxylic acids is 1. The van der Waals surface area contributed by atoms with E-state index in [2.05, 4.69) is 21.2 Å². The van der Waals surface area contributed by atoms with Crippen LogP contribution in [0.1, 0.15) is 10.4 Å². The van der Waals surface area contributed by atoms with E-state index in [1.807, 2.05) is 0 Å². The zero-order valence-corrected chi connectivity index (χ0v) is 12.5. The smallest absolute Gasteiger partial charge is 0.337 e. The van der Waals surface area contributed by atoms with Crippen LogP contribution in [-0.2, 0) is 9.53 Å². The van der Waals surface area contributed by atoms with Gasteiger partial charge >= 0.3 is 5.97 Å². The van der Waals surface area contributed by atoms with Crippen LogP contribution in [0.2, 0.25) is 0 Å². The van der Waals surface area contributed by atoms with Gasteiger partial charge < -0.3 is 20.1 Å². The lowest BCUT2D eigenvalue weighted by Crippen LogP contribution is -2.53. The van der Waals surface area contributed by atoms with Crippen LogP contribution in [0.3, 0.4) is 0 Å². The van der Waals surface area contributed by atoms with Crippen LogP contribution >= 0.6 is 15.9 Å². The molecule has 1 heterocycles. The van der Waals surface area contributed by atoms with Crippen LogP contribution in [0, 0.1) is 0 Å². The molecule has 0 bridgehead atoms. The van der Waals surface area contributed by atoms with Crippen LogP contribution in [0.25, 0.3) is 0 Å². The van der Waals surface area contributed by atoms with Crippen LogP contribution in [0.15, 0.2) is 22.7 Å². The van der Waals surface area contributed by atoms with Gasteiger partial charge in [-0.3, -0.25) is 4.79 Å². The molecule has 2 rings (SSSR count). The minimum absolute atomic E-state index is 0.162. The van der Waals surface area contributed by atoms with Crippen molar-refractivity contribution < 1.29 is 19.4 Å². The lowest BCUT2D eigenvalue weighted by atomic mass is 10.1. The highest BCUT2D eigenvalue weighted by Gasteiger charge is 2.31. The maximum absolute atomic E-state index is 11.9. The number of hydrogen-bond acceptors (Lipinski definition) is 4. The molecular weight excluding hydrogens is 328 g/mol. The van der Waals surface area contributed by atoms with E-state index in [4.69, 9.17) is 4.74 Å². The minimum atomic E-state index is -1.02. The van der Waals surface area contributed by atoms with Crippen molar-refractivity contribution in [2.24, 2.45) is 0 Å². The van der Waals surface area contributed by atoms with Crippen LogP contribution in [-0.4, -0.2) is 49.8 Å². The first-order valence-corrected chi connectivity index (χ1v) is 6.92. The second-order valence-electron chi connectivity index (χ2n) is 4.36. The van der Waals surface area contributed by atoms with E-state index in [-0.39, 0.29) is 18.1 Å². The Bertz CT molecular complexity index is 535. The number of carboxylic acid groups (broad SMARTS) is 1. The Morgan fingerprint density at radius 1 is 1.50 bits per heavy atom. The number of carbonyl (C=O) groups is 2. The fourth-order valence-electron chi connectivity index (χ4n) is 2.21. The number of hydrogen-bond donors (Lipinski definition) is 2. The van der Waals surface area contributed by atoms with Gasteiger partial charge in [0.25, 0.3) is 0 Å². The molecule has 1 aliphatic heterocycles. The molecule has 1 aliphatic rings. The molecule has 0 aliphatic carbocycles. The highest BCUT2D eigenvalue weighted by atomic mass is 79.9. The maximum atomic E-state index is 11.9. The highest BCUT2D eigenvalue weighted by molar-refractivity contribution is 9.10. The Labute approximate surface area is 124 Å². The van der Waals surface area contributed by atoms with E-state index in [1.54, 1.807) is 24.1 Å². The molecule has 2 N–H and O–H groups in total. The molecule has 20 heavy (non-hydrogen) atoms. The van der Waals surface area contributed by atoms with E-state index in [9.17, 15) is 14.7 Å². The number of amides is 1. The molecular formula is C13H15BrN2O4. The van der Waals surface area contributed by atoms with Crippen molar-refractivity contribution in [1.82, 2.24) is 5.32 Å². The molecule has 1 aromatic rings. The third-order valence-electron chi connectivity index (χ3n) is 3.18. The number of ether oxygens (including phenoxy) is 1. The maximum Gasteiger partial charge on any atom is 0.337 e. The molecule has 1 saturated heterocycles. The summed E-state index contributed by atoms with van der Waals surface area (Å²) < 4.78 is 6.01. The van der Waals surface area contributed by atoms with Crippen molar-refractivity contribution >= 4 is 33.5 Å². The van der Waals surface area contributed by atoms with Crippen molar-refractivity contribution in [2.75, 3.05) is 31.7 Å². The molecule has 1 unspecified atom stereocenters. The summed E-state index contributed by atoms with van der Waals surface area (Å²) in [6.07, 6.45) is 0. The third-order valence-corrected chi connectivity index (χ3v) is 3.67. The molecule has 1 atom stereocenters. The number of nitrogens with one attached hydrogen (secondary N) is 1. The number of morpholine rings is 1. The fourth-order valence-corrected chi connectivity index (χ4v) is 2.57. The van der Waals surface area contributed by atoms with E-state index in [0.29, 0.717) is 23.3 Å². The van der Waals surface area contributed by atoms with Gasteiger partial charge in [0, 0.05) is 18.1 Å². The Morgan fingerprint density at radius 2 is 2.25 bits per heavy atom. The second-order valence-corrected chi connectivity index (χ2v) is 5.28. The van der Waals surface area contributed by atoms with Gasteiger partial charge in [0.2, 0.25) is 5.91 Å². The topological polar surface area (TPSA) is 78.9 Å². The minimum Gasteiger partial charge on any atom is -0.478 e. The molecule has 108 valence electrons. The van der Waals surface area contributed by atoms with E-state index < -0.39 is 12.0 Å². The summed E-state index contributed by atoms with van der Waals surface area (Å²) in [6.45, 7) is 1.18. The Hall–Kier alpha value is -1.60. The number of halogens is 1. The second kappa shape index (κ2) is 6.23. The van der Waals surface area contributed by atoms with Crippen molar-refractivity contribution in [3.05, 3.63) is 28.2 Å². The molecule has 1 amide bonds. The van der Waals surface area contributed by atoms with Gasteiger partial charge in [-0.1, -0.05) is 15.9 Å². The Balaban J connectivity index is 2.42. The predicted molar refractivity (Wildman–Crippen MR) is 77.1 cm³/mol. The third kappa shape index (κ3) is 2.94. The first-order chi connectivity index (χ1) is 9.54. The first-order valence-electron chi connectivity index (χ1n) is 6.13. The van der Waals surface area contributed by atoms with Gasteiger partial charge in [0.1, 0.15) is 6.04 Å². The zero-order valence-electron chi connectivity index (χ0n) is 10.9. The summed E-state index contributed by atoms with van der Waals surface area (Å²) in [7, 11) is 1.55. The van der Waals surface area contributed by atoms with Gasteiger partial charge in [-0.15, -0.1) is 0 Å². The lowest BCUT2D eigenvalue weighted by molar-refractivity contribution is -0.124. The zero-order chi connectivity index (χ0) is 14.7. The summed E-state index contributed by atoms with van der Waals surface area (Å²) >= 11 is 3.26. The van der Waals surface area contributed by atoms with Gasteiger partial charge in [-0.2, -0.15) is 0 Å². The van der Waals surface area contributed by atoms with Crippen LogP contribution in [0.4, 0.5) is 5.69 Å². The monoisotopic (exact) mass is 342 g/mol. The molecule has 0 spiro atoms. The van der Waals surface area contributed by atoms with E-state index >= 15 is 0 Å². The van der Waals surface area contributed by atoms with Crippen molar-refractivity contribution in [2.45, 2.75) is 6.04 Å². The van der Waals surface area contributed by atoms with Crippen molar-refractivity contribution in [3.63, 3.8) is 0 Å². The summed E-state index contributed by atoms with van der Waals surface area (Å²) in [5, 5.41) is 11.9. The van der Waals surface area contributed by atoms with E-state index in [0.717, 1.165) is 0 Å². The van der Waals surface area contributed by atoms with Crippen molar-refractivity contribution in [3.8, 4) is 0 Å². The van der Waals surface area contributed by atoms with Crippen molar-refractivity contribution in [1.29, 1.82) is 0 Å². The first kappa shape index (κ1) is 14.8. The van der Waals surface area contributed by atoms with E-state index in [1.165, 1.54) is 6.07 Å². The Kier molecular flexibility index (Phi) is 4.61. The van der Waals surface area contributed by atoms with Gasteiger partial charge in [-0.25, -0.2) is 4.79 Å². The largest absolute Gasteiger partial charge is 0.478 e. The normalized spacial score (nSPS) is 18.7. The number of carboxylic acids is 1. The average Bonchev–Trinajstić information content (AvgIpc) is 2.46. The van der Waals surface area contributed by atoms with Crippen LogP contribution < -0.4 is 10.2 Å². The quantitative estimate of drug-likeness (QED) is 0.859. The molecule has 0 radical (unpaired) electrons.